The van der Waals surface area contributed by atoms with Crippen molar-refractivity contribution >= 4 is 39.1 Å². The number of rotatable bonds is 3. The standard InChI is InChI=1S/C40H51ClFN3O6S/c1-26-6-4-8-35(50-23-37(46)44-18-16-39(3,42)17-19-44)32-12-9-30(32)22-45-24-40(15-5-7-28-20-31(41)11-13-33(28)40)25-51-36-14-10-29(21-34(36)45)38(47)43-52(48,49)27(26)2/h4,8,10-11,13-14,20-21,26-27,30,32,35H,5-7,9,12,15-19,22-25H2,1-3H3,(H,43,47)/b8-4+/t26-,27+,30-,32+,35-,40-/m0/s1. The molecule has 0 aromatic heterocycles. The van der Waals surface area contributed by atoms with E-state index < -0.39 is 26.8 Å². The molecule has 3 heterocycles. The summed E-state index contributed by atoms with van der Waals surface area (Å²) >= 11 is 6.45. The van der Waals surface area contributed by atoms with Gasteiger partial charge < -0.3 is 19.3 Å². The van der Waals surface area contributed by atoms with Crippen molar-refractivity contribution in [2.75, 3.05) is 44.3 Å². The number of nitrogens with zero attached hydrogens (tertiary/aromatic N) is 2. The number of aryl methyl sites for hydroxylation is 1. The van der Waals surface area contributed by atoms with E-state index in [1.807, 2.05) is 25.1 Å². The predicted octanol–water partition coefficient (Wildman–Crippen LogP) is 6.62. The average Bonchev–Trinajstić information content (AvgIpc) is 3.24. The molecule has 1 saturated carbocycles. The van der Waals surface area contributed by atoms with Crippen molar-refractivity contribution in [3.8, 4) is 5.75 Å². The van der Waals surface area contributed by atoms with Gasteiger partial charge in [-0.25, -0.2) is 17.5 Å². The minimum absolute atomic E-state index is 0.0974. The molecular weight excluding hydrogens is 705 g/mol. The summed E-state index contributed by atoms with van der Waals surface area (Å²) in [5.41, 5.74) is 1.90. The van der Waals surface area contributed by atoms with Crippen LogP contribution in [-0.2, 0) is 31.4 Å². The van der Waals surface area contributed by atoms with E-state index in [9.17, 15) is 22.4 Å². The molecule has 2 amide bonds. The fourth-order valence-corrected chi connectivity index (χ4v) is 10.3. The number of benzene rings is 2. The number of carbonyl (C=O) groups is 2. The molecule has 6 atom stereocenters. The molecule has 2 bridgehead atoms. The Morgan fingerprint density at radius 2 is 1.90 bits per heavy atom. The summed E-state index contributed by atoms with van der Waals surface area (Å²) in [6.07, 6.45) is 9.45. The number of fused-ring (bicyclic) bond motifs is 4. The summed E-state index contributed by atoms with van der Waals surface area (Å²) in [4.78, 5) is 30.8. The quantitative estimate of drug-likeness (QED) is 0.352. The summed E-state index contributed by atoms with van der Waals surface area (Å²) in [5.74, 6) is -0.0922. The number of anilines is 1. The molecule has 3 aliphatic heterocycles. The molecule has 0 radical (unpaired) electrons. The van der Waals surface area contributed by atoms with Crippen LogP contribution < -0.4 is 14.4 Å². The SMILES string of the molecule is C[C@@H]1[C@@H](C)C/C=C/[C@H](OCC(=O)N2CCC(C)(F)CC2)[C@@H]2CC[C@H]2CN2C[C@@]3(CCCc4cc(Cl)ccc43)COc3ccc(cc32)C(=O)NS1(=O)=O. The van der Waals surface area contributed by atoms with E-state index in [0.717, 1.165) is 37.8 Å². The summed E-state index contributed by atoms with van der Waals surface area (Å²) < 4.78 is 56.8. The van der Waals surface area contributed by atoms with Crippen molar-refractivity contribution in [1.29, 1.82) is 0 Å². The fraction of sp³-hybridized carbons (Fsp3) is 0.600. The largest absolute Gasteiger partial charge is 0.490 e. The number of amides is 2. The molecule has 282 valence electrons. The lowest BCUT2D eigenvalue weighted by Crippen LogP contribution is -2.50. The second-order valence-corrected chi connectivity index (χ2v) is 18.7. The van der Waals surface area contributed by atoms with Crippen molar-refractivity contribution in [2.24, 2.45) is 17.8 Å². The highest BCUT2D eigenvalue weighted by Crippen LogP contribution is 2.47. The van der Waals surface area contributed by atoms with Crippen LogP contribution in [0.1, 0.15) is 87.2 Å². The summed E-state index contributed by atoms with van der Waals surface area (Å²) in [5, 5.41) is -0.129. The highest BCUT2D eigenvalue weighted by Gasteiger charge is 2.45. The van der Waals surface area contributed by atoms with Gasteiger partial charge in [0.25, 0.3) is 5.91 Å². The van der Waals surface area contributed by atoms with Crippen LogP contribution in [0.5, 0.6) is 5.75 Å². The Hall–Kier alpha value is -3.15. The van der Waals surface area contributed by atoms with E-state index in [-0.39, 0.29) is 47.4 Å². The molecule has 1 spiro atoms. The lowest BCUT2D eigenvalue weighted by Gasteiger charge is -2.46. The number of halogens is 2. The predicted molar refractivity (Wildman–Crippen MR) is 200 cm³/mol. The molecule has 2 aromatic rings. The van der Waals surface area contributed by atoms with Crippen LogP contribution in [0, 0.1) is 17.8 Å². The van der Waals surface area contributed by atoms with Crippen LogP contribution in [0.15, 0.2) is 48.6 Å². The Morgan fingerprint density at radius 3 is 2.65 bits per heavy atom. The third kappa shape index (κ3) is 7.60. The van der Waals surface area contributed by atoms with Crippen LogP contribution in [-0.4, -0.2) is 81.5 Å². The number of allylic oxidation sites excluding steroid dienone is 1. The molecule has 5 aliphatic rings. The monoisotopic (exact) mass is 755 g/mol. The van der Waals surface area contributed by atoms with Crippen LogP contribution in [0.3, 0.4) is 0 Å². The van der Waals surface area contributed by atoms with Gasteiger partial charge >= 0.3 is 0 Å². The van der Waals surface area contributed by atoms with E-state index in [0.29, 0.717) is 62.8 Å². The van der Waals surface area contributed by atoms with Gasteiger partial charge in [0.2, 0.25) is 15.9 Å². The zero-order valence-electron chi connectivity index (χ0n) is 30.4. The van der Waals surface area contributed by atoms with Gasteiger partial charge in [0.05, 0.1) is 23.6 Å². The van der Waals surface area contributed by atoms with Crippen LogP contribution in [0.4, 0.5) is 10.1 Å². The number of piperidine rings is 1. The zero-order valence-corrected chi connectivity index (χ0v) is 32.0. The van der Waals surface area contributed by atoms with E-state index >= 15 is 0 Å². The lowest BCUT2D eigenvalue weighted by atomic mass is 9.68. The molecule has 0 unspecified atom stereocenters. The highest BCUT2D eigenvalue weighted by atomic mass is 35.5. The van der Waals surface area contributed by atoms with E-state index in [1.54, 1.807) is 36.9 Å². The van der Waals surface area contributed by atoms with Crippen molar-refractivity contribution in [3.63, 3.8) is 0 Å². The zero-order chi connectivity index (χ0) is 36.8. The van der Waals surface area contributed by atoms with Gasteiger partial charge in [-0.05, 0) is 124 Å². The summed E-state index contributed by atoms with van der Waals surface area (Å²) in [6, 6.07) is 11.3. The first-order valence-corrected chi connectivity index (χ1v) is 20.8. The lowest BCUT2D eigenvalue weighted by molar-refractivity contribution is -0.142. The van der Waals surface area contributed by atoms with Gasteiger partial charge in [-0.2, -0.15) is 0 Å². The van der Waals surface area contributed by atoms with E-state index in [4.69, 9.17) is 21.1 Å². The van der Waals surface area contributed by atoms with Crippen LogP contribution >= 0.6 is 11.6 Å². The first-order valence-electron chi connectivity index (χ1n) is 18.9. The number of hydrogen-bond acceptors (Lipinski definition) is 7. The third-order valence-corrected chi connectivity index (χ3v) is 14.7. The first kappa shape index (κ1) is 37.2. The minimum Gasteiger partial charge on any atom is -0.490 e. The molecule has 7 rings (SSSR count). The molecule has 2 fully saturated rings. The number of alkyl halides is 1. The molecule has 1 saturated heterocycles. The minimum atomic E-state index is -4.00. The average molecular weight is 756 g/mol. The summed E-state index contributed by atoms with van der Waals surface area (Å²) in [6.45, 7) is 7.50. The first-order chi connectivity index (χ1) is 24.7. The Kier molecular flexibility index (Phi) is 10.4. The number of ether oxygens (including phenoxy) is 2. The molecule has 1 N–H and O–H groups in total. The maximum Gasteiger partial charge on any atom is 0.264 e. The van der Waals surface area contributed by atoms with Crippen molar-refractivity contribution < 1.29 is 31.9 Å². The number of hydrogen-bond donors (Lipinski definition) is 1. The van der Waals surface area contributed by atoms with E-state index in [2.05, 4.69) is 21.8 Å². The van der Waals surface area contributed by atoms with Gasteiger partial charge in [-0.3, -0.25) is 9.59 Å². The molecule has 52 heavy (non-hydrogen) atoms. The number of sulfonamides is 1. The van der Waals surface area contributed by atoms with Gasteiger partial charge in [0.1, 0.15) is 18.0 Å². The van der Waals surface area contributed by atoms with Crippen molar-refractivity contribution in [2.45, 2.75) is 94.6 Å². The molecule has 2 aromatic carbocycles. The Labute approximate surface area is 312 Å². The second-order valence-electron chi connectivity index (χ2n) is 16.2. The Morgan fingerprint density at radius 1 is 1.12 bits per heavy atom. The van der Waals surface area contributed by atoms with Gasteiger partial charge in [0.15, 0.2) is 0 Å². The highest BCUT2D eigenvalue weighted by molar-refractivity contribution is 7.90. The Balaban J connectivity index is 1.22. The Bertz CT molecular complexity index is 1830. The maximum absolute atomic E-state index is 14.5. The molecule has 9 nitrogen and oxygen atoms in total. The normalized spacial score (nSPS) is 31.9. The summed E-state index contributed by atoms with van der Waals surface area (Å²) in [7, 11) is -4.00. The second kappa shape index (κ2) is 14.6. The maximum atomic E-state index is 14.5. The number of likely N-dealkylation sites (tertiary alicyclic amines) is 1. The topological polar surface area (TPSA) is 105 Å². The van der Waals surface area contributed by atoms with Crippen molar-refractivity contribution in [3.05, 3.63) is 70.3 Å². The van der Waals surface area contributed by atoms with Crippen molar-refractivity contribution in [1.82, 2.24) is 9.62 Å². The van der Waals surface area contributed by atoms with Crippen LogP contribution in [0.25, 0.3) is 0 Å². The number of nitrogens with one attached hydrogen (secondary N) is 1. The van der Waals surface area contributed by atoms with Gasteiger partial charge in [-0.1, -0.05) is 36.7 Å². The van der Waals surface area contributed by atoms with Gasteiger partial charge in [-0.15, -0.1) is 0 Å². The van der Waals surface area contributed by atoms with Crippen LogP contribution in [0.2, 0.25) is 5.02 Å². The molecular formula is C40H51ClFN3O6S. The van der Waals surface area contributed by atoms with Gasteiger partial charge in [0, 0.05) is 42.2 Å². The van der Waals surface area contributed by atoms with E-state index in [1.165, 1.54) is 11.1 Å². The third-order valence-electron chi connectivity index (χ3n) is 12.6. The smallest absolute Gasteiger partial charge is 0.264 e. The fourth-order valence-electron chi connectivity index (χ4n) is 8.80. The molecule has 12 heteroatoms. The number of carbonyl (C=O) groups excluding carboxylic acids is 2. The molecule has 2 aliphatic carbocycles.